The lowest BCUT2D eigenvalue weighted by molar-refractivity contribution is 0.392. The van der Waals surface area contributed by atoms with Gasteiger partial charge in [0, 0.05) is 25.5 Å². The molecule has 0 bridgehead atoms. The lowest BCUT2D eigenvalue weighted by atomic mass is 9.97. The minimum absolute atomic E-state index is 0.822. The molecule has 1 aromatic rings. The molecule has 1 saturated heterocycles. The van der Waals surface area contributed by atoms with Crippen molar-refractivity contribution in [3.8, 4) is 0 Å². The zero-order chi connectivity index (χ0) is 10.5. The third kappa shape index (κ3) is 2.65. The lowest BCUT2D eigenvalue weighted by Crippen LogP contribution is -2.37. The van der Waals surface area contributed by atoms with Crippen LogP contribution in [0.3, 0.4) is 0 Å². The van der Waals surface area contributed by atoms with E-state index in [1.54, 1.807) is 12.4 Å². The van der Waals surface area contributed by atoms with Gasteiger partial charge in [0.05, 0.1) is 6.20 Å². The van der Waals surface area contributed by atoms with E-state index in [0.717, 1.165) is 31.4 Å². The number of rotatable bonds is 3. The molecule has 1 aromatic heterocycles. The molecular formula is C11H18N4. The Kier molecular flexibility index (Phi) is 3.50. The first kappa shape index (κ1) is 10.4. The Labute approximate surface area is 90.7 Å². The molecule has 0 aromatic carbocycles. The van der Waals surface area contributed by atoms with Crippen molar-refractivity contribution in [3.63, 3.8) is 0 Å². The second-order valence-corrected chi connectivity index (χ2v) is 4.05. The Hall–Kier alpha value is -1.16. The summed E-state index contributed by atoms with van der Waals surface area (Å²) < 4.78 is 0. The Bertz CT molecular complexity index is 280. The Morgan fingerprint density at radius 3 is 2.80 bits per heavy atom. The van der Waals surface area contributed by atoms with Gasteiger partial charge in [-0.3, -0.25) is 4.98 Å². The van der Waals surface area contributed by atoms with Crippen molar-refractivity contribution >= 4 is 5.82 Å². The third-order valence-corrected chi connectivity index (χ3v) is 2.98. The monoisotopic (exact) mass is 206 g/mol. The van der Waals surface area contributed by atoms with Gasteiger partial charge >= 0.3 is 0 Å². The summed E-state index contributed by atoms with van der Waals surface area (Å²) in [6.45, 7) is 3.34. The molecule has 2 heterocycles. The molecule has 1 aliphatic heterocycles. The number of hydrogen-bond donors (Lipinski definition) is 1. The average Bonchev–Trinajstić information content (AvgIpc) is 2.32. The zero-order valence-electron chi connectivity index (χ0n) is 9.19. The quantitative estimate of drug-likeness (QED) is 0.798. The van der Waals surface area contributed by atoms with Crippen molar-refractivity contribution in [2.24, 2.45) is 5.92 Å². The van der Waals surface area contributed by atoms with Crippen LogP contribution in [0.15, 0.2) is 18.6 Å². The van der Waals surface area contributed by atoms with E-state index < -0.39 is 0 Å². The van der Waals surface area contributed by atoms with E-state index in [2.05, 4.69) is 20.2 Å². The van der Waals surface area contributed by atoms with Gasteiger partial charge in [0.25, 0.3) is 0 Å². The highest BCUT2D eigenvalue weighted by atomic mass is 15.2. The summed E-state index contributed by atoms with van der Waals surface area (Å²) in [6, 6.07) is 0. The summed E-state index contributed by atoms with van der Waals surface area (Å²) in [5, 5.41) is 3.25. The van der Waals surface area contributed by atoms with Crippen LogP contribution in [-0.2, 0) is 0 Å². The fourth-order valence-corrected chi connectivity index (χ4v) is 2.11. The van der Waals surface area contributed by atoms with Crippen LogP contribution in [0.5, 0.6) is 0 Å². The third-order valence-electron chi connectivity index (χ3n) is 2.98. The molecule has 0 radical (unpaired) electrons. The average molecular weight is 206 g/mol. The smallest absolute Gasteiger partial charge is 0.147 e. The molecule has 82 valence electrons. The SMILES string of the molecule is CNCC1CCN(c2cnccn2)CC1. The van der Waals surface area contributed by atoms with Gasteiger partial charge in [-0.1, -0.05) is 0 Å². The first-order valence-electron chi connectivity index (χ1n) is 5.55. The van der Waals surface area contributed by atoms with Gasteiger partial charge in [-0.2, -0.15) is 0 Å². The Morgan fingerprint density at radius 1 is 1.40 bits per heavy atom. The second kappa shape index (κ2) is 5.07. The minimum atomic E-state index is 0.822. The largest absolute Gasteiger partial charge is 0.355 e. The molecular weight excluding hydrogens is 188 g/mol. The summed E-state index contributed by atoms with van der Waals surface area (Å²) in [5.74, 6) is 1.84. The number of anilines is 1. The molecule has 1 fully saturated rings. The Balaban J connectivity index is 1.88. The lowest BCUT2D eigenvalue weighted by Gasteiger charge is -2.32. The van der Waals surface area contributed by atoms with Crippen molar-refractivity contribution in [2.75, 3.05) is 31.6 Å². The number of aromatic nitrogens is 2. The van der Waals surface area contributed by atoms with Gasteiger partial charge in [-0.15, -0.1) is 0 Å². The van der Waals surface area contributed by atoms with Gasteiger partial charge in [-0.05, 0) is 32.4 Å². The van der Waals surface area contributed by atoms with Crippen LogP contribution in [0.25, 0.3) is 0 Å². The van der Waals surface area contributed by atoms with E-state index in [1.165, 1.54) is 12.8 Å². The van der Waals surface area contributed by atoms with Gasteiger partial charge in [0.15, 0.2) is 0 Å². The maximum Gasteiger partial charge on any atom is 0.147 e. The Morgan fingerprint density at radius 2 is 2.20 bits per heavy atom. The summed E-state index contributed by atoms with van der Waals surface area (Å²) in [6.07, 6.45) is 7.82. The van der Waals surface area contributed by atoms with Gasteiger partial charge in [0.1, 0.15) is 5.82 Å². The molecule has 4 heteroatoms. The highest BCUT2D eigenvalue weighted by molar-refractivity contribution is 5.35. The summed E-state index contributed by atoms with van der Waals surface area (Å²) in [4.78, 5) is 10.7. The first-order valence-corrected chi connectivity index (χ1v) is 5.55. The number of hydrogen-bond acceptors (Lipinski definition) is 4. The zero-order valence-corrected chi connectivity index (χ0v) is 9.19. The molecule has 0 spiro atoms. The predicted molar refractivity (Wildman–Crippen MR) is 60.9 cm³/mol. The van der Waals surface area contributed by atoms with Crippen LogP contribution >= 0.6 is 0 Å². The molecule has 0 aliphatic carbocycles. The van der Waals surface area contributed by atoms with Gasteiger partial charge < -0.3 is 10.2 Å². The fraction of sp³-hybridized carbons (Fsp3) is 0.636. The second-order valence-electron chi connectivity index (χ2n) is 4.05. The van der Waals surface area contributed by atoms with E-state index in [1.807, 2.05) is 13.2 Å². The first-order chi connectivity index (χ1) is 7.40. The maximum absolute atomic E-state index is 4.32. The van der Waals surface area contributed by atoms with Crippen molar-refractivity contribution in [2.45, 2.75) is 12.8 Å². The highest BCUT2D eigenvalue weighted by Crippen LogP contribution is 2.20. The van der Waals surface area contributed by atoms with E-state index in [4.69, 9.17) is 0 Å². The predicted octanol–water partition coefficient (Wildman–Crippen LogP) is 0.912. The molecule has 0 saturated carbocycles. The minimum Gasteiger partial charge on any atom is -0.355 e. The van der Waals surface area contributed by atoms with Crippen LogP contribution in [0, 0.1) is 5.92 Å². The highest BCUT2D eigenvalue weighted by Gasteiger charge is 2.19. The van der Waals surface area contributed by atoms with Crippen LogP contribution in [0.1, 0.15) is 12.8 Å². The summed E-state index contributed by atoms with van der Waals surface area (Å²) >= 11 is 0. The summed E-state index contributed by atoms with van der Waals surface area (Å²) in [7, 11) is 2.02. The van der Waals surface area contributed by atoms with E-state index in [9.17, 15) is 0 Å². The molecule has 1 aliphatic rings. The molecule has 0 unspecified atom stereocenters. The number of piperidine rings is 1. The normalized spacial score (nSPS) is 18.1. The molecule has 2 rings (SSSR count). The molecule has 0 amide bonds. The van der Waals surface area contributed by atoms with E-state index >= 15 is 0 Å². The van der Waals surface area contributed by atoms with Crippen LogP contribution in [0.2, 0.25) is 0 Å². The number of nitrogens with zero attached hydrogens (tertiary/aromatic N) is 3. The van der Waals surface area contributed by atoms with Gasteiger partial charge in [-0.25, -0.2) is 4.98 Å². The molecule has 15 heavy (non-hydrogen) atoms. The standard InChI is InChI=1S/C11H18N4/c1-12-8-10-2-6-15(7-3-10)11-9-13-4-5-14-11/h4-5,9-10,12H,2-3,6-8H2,1H3. The van der Waals surface area contributed by atoms with Crippen molar-refractivity contribution < 1.29 is 0 Å². The van der Waals surface area contributed by atoms with E-state index in [-0.39, 0.29) is 0 Å². The topological polar surface area (TPSA) is 41.0 Å². The van der Waals surface area contributed by atoms with Gasteiger partial charge in [0.2, 0.25) is 0 Å². The van der Waals surface area contributed by atoms with Crippen molar-refractivity contribution in [1.82, 2.24) is 15.3 Å². The van der Waals surface area contributed by atoms with Crippen LogP contribution in [0.4, 0.5) is 5.82 Å². The van der Waals surface area contributed by atoms with Crippen molar-refractivity contribution in [3.05, 3.63) is 18.6 Å². The number of nitrogens with one attached hydrogen (secondary N) is 1. The van der Waals surface area contributed by atoms with Crippen LogP contribution in [-0.4, -0.2) is 36.6 Å². The van der Waals surface area contributed by atoms with Crippen molar-refractivity contribution in [1.29, 1.82) is 0 Å². The van der Waals surface area contributed by atoms with Crippen LogP contribution < -0.4 is 10.2 Å². The molecule has 1 N–H and O–H groups in total. The molecule has 4 nitrogen and oxygen atoms in total. The van der Waals surface area contributed by atoms with E-state index in [0.29, 0.717) is 0 Å². The fourth-order valence-electron chi connectivity index (χ4n) is 2.11. The molecule has 0 atom stereocenters. The maximum atomic E-state index is 4.32. The summed E-state index contributed by atoms with van der Waals surface area (Å²) in [5.41, 5.74) is 0.